The van der Waals surface area contributed by atoms with Crippen LogP contribution in [0.3, 0.4) is 0 Å². The molecule has 0 aliphatic heterocycles. The molecular formula is C14H22Cl2O. The van der Waals surface area contributed by atoms with E-state index >= 15 is 0 Å². The molecule has 0 heterocycles. The lowest BCUT2D eigenvalue weighted by Crippen LogP contribution is -2.24. The van der Waals surface area contributed by atoms with Crippen LogP contribution in [0.5, 0.6) is 0 Å². The molecule has 0 aliphatic rings. The number of hydrogen-bond donors (Lipinski definition) is 0. The van der Waals surface area contributed by atoms with Gasteiger partial charge in [-0.05, 0) is 41.0 Å². The van der Waals surface area contributed by atoms with E-state index in [1.165, 1.54) is 5.56 Å². The molecule has 0 saturated heterocycles. The fourth-order valence-corrected chi connectivity index (χ4v) is 2.90. The average molecular weight is 277 g/mol. The van der Waals surface area contributed by atoms with Crippen molar-refractivity contribution in [3.63, 3.8) is 0 Å². The van der Waals surface area contributed by atoms with Crippen LogP contribution >= 0.6 is 23.2 Å². The molecule has 0 spiro atoms. The number of halogens is 2. The first-order valence-corrected chi connectivity index (χ1v) is 6.32. The molecule has 0 fully saturated rings. The van der Waals surface area contributed by atoms with Crippen LogP contribution in [0, 0.1) is 5.41 Å². The molecule has 1 aromatic rings. The molecule has 1 nitrogen and oxygen atoms in total. The monoisotopic (exact) mass is 276 g/mol. The highest BCUT2D eigenvalue weighted by atomic mass is 35.5. The SMILES string of the molecule is CC(C)(C)CC(C)(C)c1cc(Cl)cc(Cl)c1.O. The first-order valence-electron chi connectivity index (χ1n) is 5.57. The van der Waals surface area contributed by atoms with Gasteiger partial charge in [0.05, 0.1) is 0 Å². The minimum atomic E-state index is 0. The molecule has 0 bridgehead atoms. The highest BCUT2D eigenvalue weighted by Crippen LogP contribution is 2.38. The van der Waals surface area contributed by atoms with Crippen LogP contribution in [-0.2, 0) is 5.41 Å². The first-order chi connectivity index (χ1) is 7.10. The van der Waals surface area contributed by atoms with E-state index in [4.69, 9.17) is 23.2 Å². The van der Waals surface area contributed by atoms with E-state index in [0.29, 0.717) is 10.0 Å². The largest absolute Gasteiger partial charge is 0.412 e. The Morgan fingerprint density at radius 1 is 0.882 bits per heavy atom. The van der Waals surface area contributed by atoms with Crippen LogP contribution in [0.1, 0.15) is 46.6 Å². The minimum Gasteiger partial charge on any atom is -0.412 e. The summed E-state index contributed by atoms with van der Waals surface area (Å²) >= 11 is 12.1. The average Bonchev–Trinajstić information content (AvgIpc) is 1.96. The Bertz CT molecular complexity index is 358. The molecule has 3 heteroatoms. The maximum atomic E-state index is 6.04. The summed E-state index contributed by atoms with van der Waals surface area (Å²) < 4.78 is 0. The van der Waals surface area contributed by atoms with E-state index in [-0.39, 0.29) is 16.3 Å². The molecule has 17 heavy (non-hydrogen) atoms. The van der Waals surface area contributed by atoms with Gasteiger partial charge in [0, 0.05) is 10.0 Å². The molecule has 1 aromatic carbocycles. The van der Waals surface area contributed by atoms with Crippen LogP contribution < -0.4 is 0 Å². The third-order valence-corrected chi connectivity index (χ3v) is 3.05. The lowest BCUT2D eigenvalue weighted by atomic mass is 9.72. The van der Waals surface area contributed by atoms with E-state index in [9.17, 15) is 0 Å². The first kappa shape index (κ1) is 16.8. The van der Waals surface area contributed by atoms with Gasteiger partial charge in [-0.15, -0.1) is 0 Å². The molecule has 98 valence electrons. The number of rotatable bonds is 2. The predicted octanol–water partition coefficient (Wildman–Crippen LogP) is 4.88. The zero-order valence-electron chi connectivity index (χ0n) is 11.2. The van der Waals surface area contributed by atoms with Crippen molar-refractivity contribution in [2.24, 2.45) is 5.41 Å². The summed E-state index contributed by atoms with van der Waals surface area (Å²) in [6.07, 6.45) is 1.09. The summed E-state index contributed by atoms with van der Waals surface area (Å²) in [5, 5.41) is 1.42. The van der Waals surface area contributed by atoms with Gasteiger partial charge in [0.15, 0.2) is 0 Å². The summed E-state index contributed by atoms with van der Waals surface area (Å²) in [6, 6.07) is 5.80. The molecule has 0 unspecified atom stereocenters. The maximum absolute atomic E-state index is 6.04. The van der Waals surface area contributed by atoms with Crippen molar-refractivity contribution in [2.75, 3.05) is 0 Å². The van der Waals surface area contributed by atoms with Gasteiger partial charge in [0.25, 0.3) is 0 Å². The van der Waals surface area contributed by atoms with Crippen LogP contribution in [0.4, 0.5) is 0 Å². The van der Waals surface area contributed by atoms with Crippen molar-refractivity contribution in [1.82, 2.24) is 0 Å². The Morgan fingerprint density at radius 2 is 1.29 bits per heavy atom. The highest BCUT2D eigenvalue weighted by Gasteiger charge is 2.27. The van der Waals surface area contributed by atoms with Gasteiger partial charge in [0.2, 0.25) is 0 Å². The van der Waals surface area contributed by atoms with Gasteiger partial charge in [0.1, 0.15) is 0 Å². The second-order valence-corrected chi connectivity index (χ2v) is 7.15. The van der Waals surface area contributed by atoms with Crippen molar-refractivity contribution in [3.8, 4) is 0 Å². The van der Waals surface area contributed by atoms with Crippen molar-refractivity contribution >= 4 is 23.2 Å². The summed E-state index contributed by atoms with van der Waals surface area (Å²) in [7, 11) is 0. The van der Waals surface area contributed by atoms with E-state index in [1.54, 1.807) is 6.07 Å². The van der Waals surface area contributed by atoms with E-state index < -0.39 is 0 Å². The quantitative estimate of drug-likeness (QED) is 0.737. The molecule has 0 saturated carbocycles. The summed E-state index contributed by atoms with van der Waals surface area (Å²) in [5.41, 5.74) is 1.59. The van der Waals surface area contributed by atoms with E-state index in [2.05, 4.69) is 34.6 Å². The van der Waals surface area contributed by atoms with E-state index in [1.807, 2.05) is 12.1 Å². The zero-order valence-corrected chi connectivity index (χ0v) is 12.7. The van der Waals surface area contributed by atoms with Crippen molar-refractivity contribution in [2.45, 2.75) is 46.5 Å². The van der Waals surface area contributed by atoms with Gasteiger partial charge < -0.3 is 5.48 Å². The molecule has 0 aromatic heterocycles. The third kappa shape index (κ3) is 5.29. The fraction of sp³-hybridized carbons (Fsp3) is 0.571. The zero-order chi connectivity index (χ0) is 12.6. The Balaban J connectivity index is 0.00000256. The smallest absolute Gasteiger partial charge is 0.0423 e. The topological polar surface area (TPSA) is 31.5 Å². The molecular weight excluding hydrogens is 255 g/mol. The van der Waals surface area contributed by atoms with E-state index in [0.717, 1.165) is 6.42 Å². The summed E-state index contributed by atoms with van der Waals surface area (Å²) in [4.78, 5) is 0. The molecule has 0 amide bonds. The van der Waals surface area contributed by atoms with Gasteiger partial charge in [-0.1, -0.05) is 57.8 Å². The third-order valence-electron chi connectivity index (χ3n) is 2.62. The molecule has 0 radical (unpaired) electrons. The van der Waals surface area contributed by atoms with Gasteiger partial charge in [-0.25, -0.2) is 0 Å². The normalized spacial score (nSPS) is 12.2. The van der Waals surface area contributed by atoms with Crippen molar-refractivity contribution in [3.05, 3.63) is 33.8 Å². The number of hydrogen-bond acceptors (Lipinski definition) is 0. The summed E-state index contributed by atoms with van der Waals surface area (Å²) in [5.74, 6) is 0. The van der Waals surface area contributed by atoms with Gasteiger partial charge in [-0.2, -0.15) is 0 Å². The predicted molar refractivity (Wildman–Crippen MR) is 77.2 cm³/mol. The lowest BCUT2D eigenvalue weighted by Gasteiger charge is -2.33. The maximum Gasteiger partial charge on any atom is 0.0423 e. The van der Waals surface area contributed by atoms with Gasteiger partial charge in [-0.3, -0.25) is 0 Å². The molecule has 0 aliphatic carbocycles. The van der Waals surface area contributed by atoms with Crippen LogP contribution in [0.25, 0.3) is 0 Å². The Labute approximate surface area is 114 Å². The standard InChI is InChI=1S/C14H20Cl2.H2O/c1-13(2,3)9-14(4,5)10-6-11(15)8-12(16)7-10;/h6-8H,9H2,1-5H3;1H2. The Morgan fingerprint density at radius 3 is 1.65 bits per heavy atom. The Hall–Kier alpha value is -0.240. The lowest BCUT2D eigenvalue weighted by molar-refractivity contribution is 0.284. The molecule has 0 atom stereocenters. The minimum absolute atomic E-state index is 0. The molecule has 1 rings (SSSR count). The summed E-state index contributed by atoms with van der Waals surface area (Å²) in [6.45, 7) is 11.2. The highest BCUT2D eigenvalue weighted by molar-refractivity contribution is 6.34. The fourth-order valence-electron chi connectivity index (χ4n) is 2.37. The second kappa shape index (κ2) is 5.60. The van der Waals surface area contributed by atoms with Crippen LogP contribution in [0.15, 0.2) is 18.2 Å². The Kier molecular flexibility index (Phi) is 5.52. The van der Waals surface area contributed by atoms with Crippen molar-refractivity contribution < 1.29 is 5.48 Å². The number of benzene rings is 1. The van der Waals surface area contributed by atoms with Crippen LogP contribution in [0.2, 0.25) is 10.0 Å². The molecule has 2 N–H and O–H groups in total. The van der Waals surface area contributed by atoms with Gasteiger partial charge >= 0.3 is 0 Å². The van der Waals surface area contributed by atoms with Crippen molar-refractivity contribution in [1.29, 1.82) is 0 Å². The van der Waals surface area contributed by atoms with Crippen LogP contribution in [-0.4, -0.2) is 5.48 Å². The second-order valence-electron chi connectivity index (χ2n) is 6.28.